The summed E-state index contributed by atoms with van der Waals surface area (Å²) >= 11 is 5.92. The SMILES string of the molecule is Cc1cc([C@@H](C)Nc2ccc(Cl)nc2C(=O)O)c2nc(N3CC4CC4C3)n(OC(C)(C)C)c(=O)c2c1. The van der Waals surface area contributed by atoms with Crippen molar-refractivity contribution in [2.75, 3.05) is 23.3 Å². The fraction of sp³-hybridized carbons (Fsp3) is 0.462. The minimum atomic E-state index is -1.18. The normalized spacial score (nSPS) is 19.8. The molecule has 2 unspecified atom stereocenters. The van der Waals surface area contributed by atoms with Crippen LogP contribution in [0.4, 0.5) is 11.6 Å². The van der Waals surface area contributed by atoms with Crippen LogP contribution in [0.25, 0.3) is 10.9 Å². The van der Waals surface area contributed by atoms with Crippen molar-refractivity contribution in [2.45, 2.75) is 52.7 Å². The van der Waals surface area contributed by atoms with E-state index in [0.717, 1.165) is 24.2 Å². The van der Waals surface area contributed by atoms with E-state index in [1.165, 1.54) is 17.2 Å². The number of piperidine rings is 1. The van der Waals surface area contributed by atoms with E-state index in [1.54, 1.807) is 6.07 Å². The lowest BCUT2D eigenvalue weighted by atomic mass is 10.0. The van der Waals surface area contributed by atoms with E-state index in [1.807, 2.05) is 46.8 Å². The maximum atomic E-state index is 13.8. The number of nitrogens with one attached hydrogen (secondary N) is 1. The highest BCUT2D eigenvalue weighted by atomic mass is 35.5. The highest BCUT2D eigenvalue weighted by Crippen LogP contribution is 2.46. The van der Waals surface area contributed by atoms with Crippen LogP contribution in [0.2, 0.25) is 5.15 Å². The largest absolute Gasteiger partial charge is 0.476 e. The van der Waals surface area contributed by atoms with Crippen molar-refractivity contribution in [3.8, 4) is 0 Å². The van der Waals surface area contributed by atoms with Gasteiger partial charge >= 0.3 is 5.97 Å². The smallest absolute Gasteiger partial charge is 0.356 e. The average molecular weight is 512 g/mol. The molecule has 1 aliphatic heterocycles. The van der Waals surface area contributed by atoms with Gasteiger partial charge in [-0.15, -0.1) is 4.73 Å². The molecule has 1 saturated carbocycles. The van der Waals surface area contributed by atoms with Crippen LogP contribution in [-0.2, 0) is 0 Å². The number of hydrogen-bond donors (Lipinski definition) is 2. The lowest BCUT2D eigenvalue weighted by Gasteiger charge is -2.28. The predicted molar refractivity (Wildman–Crippen MR) is 139 cm³/mol. The van der Waals surface area contributed by atoms with Crippen molar-refractivity contribution in [1.82, 2.24) is 14.7 Å². The van der Waals surface area contributed by atoms with Gasteiger partial charge in [-0.3, -0.25) is 4.79 Å². The Balaban J connectivity index is 1.64. The number of benzene rings is 1. The summed E-state index contributed by atoms with van der Waals surface area (Å²) in [4.78, 5) is 42.7. The van der Waals surface area contributed by atoms with Crippen LogP contribution in [0.15, 0.2) is 29.1 Å². The van der Waals surface area contributed by atoms with Crippen molar-refractivity contribution >= 4 is 40.1 Å². The van der Waals surface area contributed by atoms with Crippen molar-refractivity contribution in [1.29, 1.82) is 0 Å². The average Bonchev–Trinajstić information content (AvgIpc) is 3.40. The second-order valence-corrected chi connectivity index (χ2v) is 11.2. The fourth-order valence-corrected chi connectivity index (χ4v) is 5.06. The summed E-state index contributed by atoms with van der Waals surface area (Å²) in [6.07, 6.45) is 1.22. The number of aromatic nitrogens is 3. The van der Waals surface area contributed by atoms with E-state index < -0.39 is 11.6 Å². The van der Waals surface area contributed by atoms with Gasteiger partial charge in [0.15, 0.2) is 5.69 Å². The predicted octanol–water partition coefficient (Wildman–Crippen LogP) is 4.31. The molecule has 0 radical (unpaired) electrons. The second-order valence-electron chi connectivity index (χ2n) is 10.8. The number of aromatic carboxylic acids is 1. The molecule has 0 spiro atoms. The minimum Gasteiger partial charge on any atom is -0.476 e. The molecule has 3 atom stereocenters. The van der Waals surface area contributed by atoms with Crippen LogP contribution >= 0.6 is 11.6 Å². The molecule has 2 fully saturated rings. The first-order valence-electron chi connectivity index (χ1n) is 12.1. The fourth-order valence-electron chi connectivity index (χ4n) is 4.91. The Bertz CT molecular complexity index is 1420. The Morgan fingerprint density at radius 2 is 1.92 bits per heavy atom. The molecular weight excluding hydrogens is 482 g/mol. The molecule has 2 aliphatic rings. The van der Waals surface area contributed by atoms with E-state index >= 15 is 0 Å². The molecular formula is C26H30ClN5O4. The molecule has 3 aromatic rings. The number of halogens is 1. The number of nitrogens with zero attached hydrogens (tertiary/aromatic N) is 4. The molecule has 9 nitrogen and oxygen atoms in total. The highest BCUT2D eigenvalue weighted by Gasteiger charge is 2.46. The first-order chi connectivity index (χ1) is 16.9. The third kappa shape index (κ3) is 4.59. The molecule has 5 rings (SSSR count). The minimum absolute atomic E-state index is 0.0981. The van der Waals surface area contributed by atoms with Gasteiger partial charge in [-0.25, -0.2) is 14.8 Å². The third-order valence-electron chi connectivity index (χ3n) is 6.62. The van der Waals surface area contributed by atoms with Gasteiger partial charge in [0.2, 0.25) is 5.95 Å². The number of rotatable bonds is 6. The number of carboxylic acids is 1. The van der Waals surface area contributed by atoms with Crippen LogP contribution in [0, 0.1) is 18.8 Å². The van der Waals surface area contributed by atoms with Crippen molar-refractivity contribution in [3.05, 3.63) is 56.6 Å². The van der Waals surface area contributed by atoms with Crippen LogP contribution in [0.5, 0.6) is 0 Å². The molecule has 36 heavy (non-hydrogen) atoms. The van der Waals surface area contributed by atoms with Gasteiger partial charge in [0, 0.05) is 18.7 Å². The summed E-state index contributed by atoms with van der Waals surface area (Å²) in [5.41, 5.74) is 1.54. The van der Waals surface area contributed by atoms with E-state index in [2.05, 4.69) is 15.2 Å². The summed E-state index contributed by atoms with van der Waals surface area (Å²) in [7, 11) is 0. The van der Waals surface area contributed by atoms with Crippen molar-refractivity contribution < 1.29 is 14.7 Å². The topological polar surface area (TPSA) is 110 Å². The molecule has 1 aliphatic carbocycles. The van der Waals surface area contributed by atoms with Gasteiger partial charge in [0.25, 0.3) is 5.56 Å². The molecule has 0 amide bonds. The summed E-state index contributed by atoms with van der Waals surface area (Å²) in [5, 5.41) is 13.4. The van der Waals surface area contributed by atoms with E-state index in [9.17, 15) is 14.7 Å². The van der Waals surface area contributed by atoms with E-state index in [-0.39, 0.29) is 22.4 Å². The maximum absolute atomic E-state index is 13.8. The molecule has 1 saturated heterocycles. The Kier molecular flexibility index (Phi) is 5.86. The standard InChI is InChI=1S/C26H30ClN5O4/c1-13-8-17(14(2)28-19-6-7-20(27)29-22(19)24(34)35)21-18(9-13)23(33)32(36-26(3,4)5)25(30-21)31-11-15-10-16(15)12-31/h6-9,14-16,28H,10-12H2,1-5H3,(H,34,35)/t14-,15?,16?/m1/s1. The van der Waals surface area contributed by atoms with Crippen molar-refractivity contribution in [2.24, 2.45) is 11.8 Å². The quantitative estimate of drug-likeness (QED) is 0.471. The Morgan fingerprint density at radius 3 is 2.56 bits per heavy atom. The van der Waals surface area contributed by atoms with Gasteiger partial charge in [-0.05, 0) is 76.6 Å². The Morgan fingerprint density at radius 1 is 1.22 bits per heavy atom. The lowest BCUT2D eigenvalue weighted by Crippen LogP contribution is -2.42. The van der Waals surface area contributed by atoms with E-state index in [0.29, 0.717) is 34.4 Å². The molecule has 190 valence electrons. The van der Waals surface area contributed by atoms with E-state index in [4.69, 9.17) is 21.4 Å². The molecule has 1 aromatic carbocycles. The number of aryl methyl sites for hydroxylation is 1. The molecule has 10 heteroatoms. The molecule has 2 N–H and O–H groups in total. The Hall–Kier alpha value is -3.33. The Labute approximate surface area is 214 Å². The van der Waals surface area contributed by atoms with Gasteiger partial charge < -0.3 is 20.2 Å². The van der Waals surface area contributed by atoms with Gasteiger partial charge in [0.05, 0.1) is 22.6 Å². The summed E-state index contributed by atoms with van der Waals surface area (Å²) in [6, 6.07) is 6.54. The number of anilines is 2. The number of fused-ring (bicyclic) bond motifs is 2. The summed E-state index contributed by atoms with van der Waals surface area (Å²) in [6.45, 7) is 11.2. The zero-order valence-electron chi connectivity index (χ0n) is 21.0. The highest BCUT2D eigenvalue weighted by molar-refractivity contribution is 6.29. The maximum Gasteiger partial charge on any atom is 0.356 e. The van der Waals surface area contributed by atoms with Crippen LogP contribution in [0.1, 0.15) is 61.8 Å². The zero-order chi connectivity index (χ0) is 25.9. The van der Waals surface area contributed by atoms with Crippen LogP contribution in [0.3, 0.4) is 0 Å². The van der Waals surface area contributed by atoms with Gasteiger partial charge in [-0.2, -0.15) is 0 Å². The van der Waals surface area contributed by atoms with Gasteiger partial charge in [-0.1, -0.05) is 17.7 Å². The first-order valence-corrected chi connectivity index (χ1v) is 12.5. The number of pyridine rings is 1. The molecule has 0 bridgehead atoms. The lowest BCUT2D eigenvalue weighted by molar-refractivity contribution is -0.0188. The third-order valence-corrected chi connectivity index (χ3v) is 6.83. The number of carboxylic acid groups (broad SMARTS) is 1. The number of carbonyl (C=O) groups is 1. The summed E-state index contributed by atoms with van der Waals surface area (Å²) in [5.74, 6) is 0.610. The zero-order valence-corrected chi connectivity index (χ0v) is 21.8. The van der Waals surface area contributed by atoms with Gasteiger partial charge in [0.1, 0.15) is 10.8 Å². The summed E-state index contributed by atoms with van der Waals surface area (Å²) < 4.78 is 1.35. The van der Waals surface area contributed by atoms with Crippen LogP contribution in [-0.4, -0.2) is 44.5 Å². The number of hydrogen-bond acceptors (Lipinski definition) is 7. The van der Waals surface area contributed by atoms with Crippen LogP contribution < -0.4 is 20.6 Å². The first kappa shape index (κ1) is 24.4. The monoisotopic (exact) mass is 511 g/mol. The second kappa shape index (κ2) is 8.65. The molecule has 2 aromatic heterocycles. The van der Waals surface area contributed by atoms with Crippen molar-refractivity contribution in [3.63, 3.8) is 0 Å². The molecule has 3 heterocycles.